The molecule has 0 aliphatic rings. The highest BCUT2D eigenvalue weighted by Gasteiger charge is 2.12. The van der Waals surface area contributed by atoms with Crippen LogP contribution in [0.2, 0.25) is 0 Å². The Kier molecular flexibility index (Phi) is 4.42. The van der Waals surface area contributed by atoms with E-state index >= 15 is 0 Å². The van der Waals surface area contributed by atoms with Gasteiger partial charge in [-0.2, -0.15) is 0 Å². The summed E-state index contributed by atoms with van der Waals surface area (Å²) in [5, 5.41) is 0. The molecule has 0 saturated heterocycles. The smallest absolute Gasteiger partial charge is 0.191 e. The predicted molar refractivity (Wildman–Crippen MR) is 59.5 cm³/mol. The molecule has 0 spiro atoms. The third-order valence-electron chi connectivity index (χ3n) is 1.78. The first-order chi connectivity index (χ1) is 7.00. The zero-order valence-electron chi connectivity index (χ0n) is 8.59. The largest absolute Gasteiger partial charge is 0.371 e. The molecule has 0 radical (unpaired) electrons. The molecule has 0 unspecified atom stereocenters. The van der Waals surface area contributed by atoms with Gasteiger partial charge in [-0.1, -0.05) is 15.9 Å². The summed E-state index contributed by atoms with van der Waals surface area (Å²) >= 11 is 3.13. The van der Waals surface area contributed by atoms with E-state index in [1.165, 1.54) is 12.1 Å². The number of carbonyl (C=O) groups excluding carboxylic acids is 1. The van der Waals surface area contributed by atoms with Crippen LogP contribution in [0.1, 0.15) is 24.2 Å². The molecule has 2 nitrogen and oxygen atoms in total. The minimum Gasteiger partial charge on any atom is -0.371 e. The Bertz CT molecular complexity index is 364. The zero-order valence-corrected chi connectivity index (χ0v) is 10.2. The molecule has 0 atom stereocenters. The van der Waals surface area contributed by atoms with Crippen molar-refractivity contribution in [3.63, 3.8) is 0 Å². The van der Waals surface area contributed by atoms with E-state index in [1.807, 2.05) is 13.8 Å². The molecule has 1 rings (SSSR count). The number of ether oxygens (including phenoxy) is 1. The van der Waals surface area contributed by atoms with Crippen molar-refractivity contribution in [3.8, 4) is 0 Å². The van der Waals surface area contributed by atoms with Crippen LogP contribution in [-0.2, 0) is 4.74 Å². The van der Waals surface area contributed by atoms with Gasteiger partial charge in [0.15, 0.2) is 5.78 Å². The summed E-state index contributed by atoms with van der Waals surface area (Å²) in [5.74, 6) is -0.865. The van der Waals surface area contributed by atoms with Gasteiger partial charge in [0.1, 0.15) is 12.4 Å². The molecule has 0 N–H and O–H groups in total. The van der Waals surface area contributed by atoms with Crippen molar-refractivity contribution in [1.82, 2.24) is 0 Å². The second kappa shape index (κ2) is 5.37. The molecule has 0 bridgehead atoms. The Hall–Kier alpha value is -0.740. The lowest BCUT2D eigenvalue weighted by Crippen LogP contribution is -2.14. The highest BCUT2D eigenvalue weighted by Crippen LogP contribution is 2.15. The zero-order chi connectivity index (χ0) is 11.4. The van der Waals surface area contributed by atoms with Gasteiger partial charge in [-0.05, 0) is 32.0 Å². The van der Waals surface area contributed by atoms with Crippen molar-refractivity contribution in [2.75, 3.05) is 6.61 Å². The molecule has 82 valence electrons. The average molecular weight is 275 g/mol. The predicted octanol–water partition coefficient (Wildman–Crippen LogP) is 3.20. The van der Waals surface area contributed by atoms with E-state index in [0.29, 0.717) is 4.47 Å². The van der Waals surface area contributed by atoms with E-state index in [4.69, 9.17) is 4.74 Å². The molecule has 0 amide bonds. The Morgan fingerprint density at radius 3 is 2.73 bits per heavy atom. The number of hydrogen-bond donors (Lipinski definition) is 0. The van der Waals surface area contributed by atoms with Crippen LogP contribution in [0, 0.1) is 5.82 Å². The van der Waals surface area contributed by atoms with E-state index in [0.717, 1.165) is 0 Å². The average Bonchev–Trinajstić information content (AvgIpc) is 2.14. The third-order valence-corrected chi connectivity index (χ3v) is 2.27. The van der Waals surface area contributed by atoms with Crippen LogP contribution in [-0.4, -0.2) is 18.5 Å². The molecule has 0 aromatic heterocycles. The van der Waals surface area contributed by atoms with Gasteiger partial charge in [0.05, 0.1) is 11.7 Å². The summed E-state index contributed by atoms with van der Waals surface area (Å²) in [6.07, 6.45) is -0.0348. The monoisotopic (exact) mass is 274 g/mol. The van der Waals surface area contributed by atoms with Crippen molar-refractivity contribution in [2.45, 2.75) is 20.0 Å². The Balaban J connectivity index is 2.74. The number of ketones is 1. The van der Waals surface area contributed by atoms with Gasteiger partial charge >= 0.3 is 0 Å². The van der Waals surface area contributed by atoms with Crippen LogP contribution < -0.4 is 0 Å². The van der Waals surface area contributed by atoms with Crippen molar-refractivity contribution < 1.29 is 13.9 Å². The van der Waals surface area contributed by atoms with Gasteiger partial charge in [0.25, 0.3) is 0 Å². The molecule has 0 aliphatic carbocycles. The number of rotatable bonds is 4. The molecular weight excluding hydrogens is 263 g/mol. The highest BCUT2D eigenvalue weighted by molar-refractivity contribution is 9.10. The van der Waals surface area contributed by atoms with Crippen LogP contribution in [0.15, 0.2) is 22.7 Å². The molecule has 4 heteroatoms. The van der Waals surface area contributed by atoms with Gasteiger partial charge in [-0.25, -0.2) is 4.39 Å². The second-order valence-corrected chi connectivity index (χ2v) is 4.32. The van der Waals surface area contributed by atoms with E-state index in [-0.39, 0.29) is 24.1 Å². The molecule has 0 saturated carbocycles. The fraction of sp³-hybridized carbons (Fsp3) is 0.364. The maximum Gasteiger partial charge on any atom is 0.191 e. The Morgan fingerprint density at radius 2 is 2.20 bits per heavy atom. The van der Waals surface area contributed by atoms with Crippen LogP contribution in [0.25, 0.3) is 0 Å². The standard InChI is InChI=1S/C11H12BrFO2/c1-7(2)15-6-11(14)9-4-3-8(12)5-10(9)13/h3-5,7H,6H2,1-2H3. The Morgan fingerprint density at radius 1 is 1.53 bits per heavy atom. The topological polar surface area (TPSA) is 26.3 Å². The van der Waals surface area contributed by atoms with Gasteiger partial charge < -0.3 is 4.74 Å². The number of halogens is 2. The van der Waals surface area contributed by atoms with Crippen LogP contribution in [0.3, 0.4) is 0 Å². The van der Waals surface area contributed by atoms with E-state index in [9.17, 15) is 9.18 Å². The Labute approximate surface area is 96.6 Å². The summed E-state index contributed by atoms with van der Waals surface area (Å²) in [7, 11) is 0. The van der Waals surface area contributed by atoms with Gasteiger partial charge in [0, 0.05) is 4.47 Å². The van der Waals surface area contributed by atoms with Crippen molar-refractivity contribution in [3.05, 3.63) is 34.1 Å². The lowest BCUT2D eigenvalue weighted by atomic mass is 10.1. The first kappa shape index (κ1) is 12.3. The number of carbonyl (C=O) groups is 1. The summed E-state index contributed by atoms with van der Waals surface area (Å²) < 4.78 is 19.0. The summed E-state index contributed by atoms with van der Waals surface area (Å²) in [6, 6.07) is 4.35. The first-order valence-corrected chi connectivity index (χ1v) is 5.40. The normalized spacial score (nSPS) is 10.7. The lowest BCUT2D eigenvalue weighted by molar-refractivity contribution is 0.0581. The third kappa shape index (κ3) is 3.72. The van der Waals surface area contributed by atoms with Crippen molar-refractivity contribution in [2.24, 2.45) is 0 Å². The lowest BCUT2D eigenvalue weighted by Gasteiger charge is -2.07. The fourth-order valence-corrected chi connectivity index (χ4v) is 1.37. The van der Waals surface area contributed by atoms with Crippen molar-refractivity contribution >= 4 is 21.7 Å². The number of hydrogen-bond acceptors (Lipinski definition) is 2. The van der Waals surface area contributed by atoms with Crippen LogP contribution >= 0.6 is 15.9 Å². The van der Waals surface area contributed by atoms with Gasteiger partial charge in [0.2, 0.25) is 0 Å². The molecule has 1 aromatic carbocycles. The van der Waals surface area contributed by atoms with Crippen LogP contribution in [0.5, 0.6) is 0 Å². The summed E-state index contributed by atoms with van der Waals surface area (Å²) in [5.41, 5.74) is 0.0684. The van der Waals surface area contributed by atoms with E-state index in [1.54, 1.807) is 6.07 Å². The molecular formula is C11H12BrFO2. The molecule has 15 heavy (non-hydrogen) atoms. The molecule has 1 aromatic rings. The minimum absolute atomic E-state index is 0.0348. The van der Waals surface area contributed by atoms with Gasteiger partial charge in [-0.15, -0.1) is 0 Å². The maximum absolute atomic E-state index is 13.3. The second-order valence-electron chi connectivity index (χ2n) is 3.41. The SMILES string of the molecule is CC(C)OCC(=O)c1ccc(Br)cc1F. The molecule has 0 fully saturated rings. The van der Waals surface area contributed by atoms with Gasteiger partial charge in [-0.3, -0.25) is 4.79 Å². The van der Waals surface area contributed by atoms with Crippen molar-refractivity contribution in [1.29, 1.82) is 0 Å². The minimum atomic E-state index is -0.526. The first-order valence-electron chi connectivity index (χ1n) is 4.60. The molecule has 0 aliphatic heterocycles. The summed E-state index contributed by atoms with van der Waals surface area (Å²) in [4.78, 5) is 11.5. The fourth-order valence-electron chi connectivity index (χ4n) is 1.04. The molecule has 0 heterocycles. The number of benzene rings is 1. The van der Waals surface area contributed by atoms with E-state index in [2.05, 4.69) is 15.9 Å². The van der Waals surface area contributed by atoms with Crippen LogP contribution in [0.4, 0.5) is 4.39 Å². The quantitative estimate of drug-likeness (QED) is 0.789. The maximum atomic E-state index is 13.3. The summed E-state index contributed by atoms with van der Waals surface area (Å²) in [6.45, 7) is 3.56. The van der Waals surface area contributed by atoms with E-state index < -0.39 is 5.82 Å². The highest BCUT2D eigenvalue weighted by atomic mass is 79.9. The number of Topliss-reactive ketones (excluding diaryl/α,β-unsaturated/α-hetero) is 1.